The number of hydrogen-bond donors (Lipinski definition) is 2. The first-order valence-corrected chi connectivity index (χ1v) is 9.68. The van der Waals surface area contributed by atoms with Crippen molar-refractivity contribution in [1.29, 1.82) is 0 Å². The van der Waals surface area contributed by atoms with Gasteiger partial charge in [0.2, 0.25) is 11.9 Å². The number of anilines is 2. The highest BCUT2D eigenvalue weighted by Crippen LogP contribution is 2.22. The van der Waals surface area contributed by atoms with Gasteiger partial charge in [0, 0.05) is 38.1 Å². The topological polar surface area (TPSA) is 102 Å². The minimum atomic E-state index is -0.165. The molecule has 0 spiro atoms. The Morgan fingerprint density at radius 1 is 1.31 bits per heavy atom. The Balaban J connectivity index is 1.55. The van der Waals surface area contributed by atoms with Gasteiger partial charge in [-0.3, -0.25) is 14.7 Å². The van der Waals surface area contributed by atoms with Crippen LogP contribution in [0.1, 0.15) is 23.2 Å². The molecule has 1 atom stereocenters. The van der Waals surface area contributed by atoms with Crippen LogP contribution in [0, 0.1) is 13.8 Å². The highest BCUT2D eigenvalue weighted by molar-refractivity contribution is 5.78. The van der Waals surface area contributed by atoms with E-state index >= 15 is 0 Å². The fourth-order valence-corrected chi connectivity index (χ4v) is 3.16. The van der Waals surface area contributed by atoms with Crippen LogP contribution >= 0.6 is 0 Å². The molecule has 29 heavy (non-hydrogen) atoms. The molecular formula is C20H28N6O3. The Morgan fingerprint density at radius 2 is 2.10 bits per heavy atom. The van der Waals surface area contributed by atoms with Gasteiger partial charge in [0.1, 0.15) is 6.10 Å². The van der Waals surface area contributed by atoms with Gasteiger partial charge in [-0.15, -0.1) is 0 Å². The monoisotopic (exact) mass is 400 g/mol. The van der Waals surface area contributed by atoms with Crippen molar-refractivity contribution in [3.63, 3.8) is 0 Å². The third kappa shape index (κ3) is 6.45. The van der Waals surface area contributed by atoms with Crippen molar-refractivity contribution in [2.45, 2.75) is 20.0 Å². The number of carbonyl (C=O) groups is 1. The summed E-state index contributed by atoms with van der Waals surface area (Å²) in [5, 5.41) is 6.02. The number of nitrogens with one attached hydrogen (secondary N) is 2. The molecule has 1 aliphatic heterocycles. The molecule has 0 radical (unpaired) electrons. The van der Waals surface area contributed by atoms with Gasteiger partial charge in [0.25, 0.3) is 0 Å². The third-order valence-electron chi connectivity index (χ3n) is 4.50. The van der Waals surface area contributed by atoms with Gasteiger partial charge < -0.3 is 20.1 Å². The average Bonchev–Trinajstić information content (AvgIpc) is 2.68. The number of ether oxygens (including phenoxy) is 2. The molecule has 9 nitrogen and oxygen atoms in total. The van der Waals surface area contributed by atoms with E-state index in [0.717, 1.165) is 29.3 Å². The Kier molecular flexibility index (Phi) is 7.45. The summed E-state index contributed by atoms with van der Waals surface area (Å²) in [5.41, 5.74) is 3.46. The Bertz CT molecular complexity index is 794. The molecule has 2 aromatic heterocycles. The van der Waals surface area contributed by atoms with Crippen LogP contribution < -0.4 is 10.6 Å². The molecule has 1 unspecified atom stereocenters. The van der Waals surface area contributed by atoms with E-state index in [-0.39, 0.29) is 12.0 Å². The summed E-state index contributed by atoms with van der Waals surface area (Å²) in [6, 6.07) is 5.79. The predicted molar refractivity (Wildman–Crippen MR) is 109 cm³/mol. The summed E-state index contributed by atoms with van der Waals surface area (Å²) in [7, 11) is 1.61. The lowest BCUT2D eigenvalue weighted by Crippen LogP contribution is -2.44. The smallest absolute Gasteiger partial charge is 0.234 e. The van der Waals surface area contributed by atoms with Crippen LogP contribution in [-0.2, 0) is 14.3 Å². The number of carbonyl (C=O) groups excluding carboxylic acids is 1. The van der Waals surface area contributed by atoms with Crippen molar-refractivity contribution in [2.24, 2.45) is 0 Å². The Morgan fingerprint density at radius 3 is 2.79 bits per heavy atom. The zero-order valence-corrected chi connectivity index (χ0v) is 17.1. The zero-order chi connectivity index (χ0) is 20.6. The SMILES string of the molecule is COCCNC(=O)CN1CCOC(c2ccc(Nc3nc(C)cc(C)n3)cn2)C1. The second-order valence-electron chi connectivity index (χ2n) is 7.01. The van der Waals surface area contributed by atoms with Crippen LogP contribution in [0.15, 0.2) is 24.4 Å². The maximum atomic E-state index is 12.0. The van der Waals surface area contributed by atoms with E-state index in [2.05, 4.69) is 30.5 Å². The molecular weight excluding hydrogens is 372 g/mol. The van der Waals surface area contributed by atoms with Crippen LogP contribution in [0.3, 0.4) is 0 Å². The lowest BCUT2D eigenvalue weighted by Gasteiger charge is -2.32. The quantitative estimate of drug-likeness (QED) is 0.641. The number of morpholine rings is 1. The van der Waals surface area contributed by atoms with Crippen LogP contribution in [0.5, 0.6) is 0 Å². The molecule has 1 amide bonds. The summed E-state index contributed by atoms with van der Waals surface area (Å²) in [6.45, 7) is 7.14. The van der Waals surface area contributed by atoms with Gasteiger partial charge in [0.05, 0.1) is 37.3 Å². The van der Waals surface area contributed by atoms with E-state index < -0.39 is 0 Å². The number of hydrogen-bond acceptors (Lipinski definition) is 8. The molecule has 3 heterocycles. The van der Waals surface area contributed by atoms with Crippen LogP contribution in [0.25, 0.3) is 0 Å². The van der Waals surface area contributed by atoms with Gasteiger partial charge >= 0.3 is 0 Å². The van der Waals surface area contributed by atoms with Gasteiger partial charge in [-0.1, -0.05) is 0 Å². The van der Waals surface area contributed by atoms with E-state index in [0.29, 0.717) is 38.8 Å². The molecule has 156 valence electrons. The molecule has 0 aliphatic carbocycles. The van der Waals surface area contributed by atoms with E-state index in [9.17, 15) is 4.79 Å². The maximum absolute atomic E-state index is 12.0. The number of rotatable bonds is 8. The van der Waals surface area contributed by atoms with Gasteiger partial charge in [-0.05, 0) is 32.0 Å². The van der Waals surface area contributed by atoms with Crippen molar-refractivity contribution in [3.8, 4) is 0 Å². The molecule has 0 saturated carbocycles. The standard InChI is InChI=1S/C20H28N6O3/c1-14-10-15(2)24-20(23-14)25-16-4-5-17(22-11-16)18-12-26(7-9-29-18)13-19(27)21-6-8-28-3/h4-5,10-11,18H,6-9,12-13H2,1-3H3,(H,21,27)(H,23,24,25). The summed E-state index contributed by atoms with van der Waals surface area (Å²) >= 11 is 0. The third-order valence-corrected chi connectivity index (χ3v) is 4.50. The molecule has 3 rings (SSSR count). The highest BCUT2D eigenvalue weighted by atomic mass is 16.5. The molecule has 1 fully saturated rings. The van der Waals surface area contributed by atoms with Crippen molar-refractivity contribution in [3.05, 3.63) is 41.5 Å². The lowest BCUT2D eigenvalue weighted by atomic mass is 10.2. The Hall–Kier alpha value is -2.62. The van der Waals surface area contributed by atoms with Crippen LogP contribution in [-0.4, -0.2) is 72.3 Å². The maximum Gasteiger partial charge on any atom is 0.234 e. The van der Waals surface area contributed by atoms with E-state index in [1.807, 2.05) is 32.0 Å². The highest BCUT2D eigenvalue weighted by Gasteiger charge is 2.24. The molecule has 2 N–H and O–H groups in total. The van der Waals surface area contributed by atoms with E-state index in [1.165, 1.54) is 0 Å². The number of aromatic nitrogens is 3. The van der Waals surface area contributed by atoms with Crippen LogP contribution in [0.2, 0.25) is 0 Å². The fourth-order valence-electron chi connectivity index (χ4n) is 3.16. The largest absolute Gasteiger partial charge is 0.383 e. The minimum Gasteiger partial charge on any atom is -0.383 e. The summed E-state index contributed by atoms with van der Waals surface area (Å²) in [6.07, 6.45) is 1.58. The second-order valence-corrected chi connectivity index (χ2v) is 7.01. The molecule has 1 saturated heterocycles. The number of nitrogens with zero attached hydrogens (tertiary/aromatic N) is 4. The predicted octanol–water partition coefficient (Wildman–Crippen LogP) is 1.37. The molecule has 9 heteroatoms. The first-order chi connectivity index (χ1) is 14.0. The van der Waals surface area contributed by atoms with Gasteiger partial charge in [0.15, 0.2) is 0 Å². The van der Waals surface area contributed by atoms with Gasteiger partial charge in [-0.25, -0.2) is 9.97 Å². The van der Waals surface area contributed by atoms with Crippen molar-refractivity contribution in [2.75, 3.05) is 51.8 Å². The normalized spacial score (nSPS) is 17.1. The summed E-state index contributed by atoms with van der Waals surface area (Å²) < 4.78 is 10.8. The minimum absolute atomic E-state index is 0.0105. The first kappa shape index (κ1) is 21.1. The van der Waals surface area contributed by atoms with Crippen molar-refractivity contribution < 1.29 is 14.3 Å². The molecule has 1 aliphatic rings. The zero-order valence-electron chi connectivity index (χ0n) is 17.1. The number of amides is 1. The van der Waals surface area contributed by atoms with E-state index in [1.54, 1.807) is 13.3 Å². The van der Waals surface area contributed by atoms with Gasteiger partial charge in [-0.2, -0.15) is 0 Å². The number of methoxy groups -OCH3 is 1. The summed E-state index contributed by atoms with van der Waals surface area (Å²) in [4.78, 5) is 27.4. The first-order valence-electron chi connectivity index (χ1n) is 9.68. The molecule has 0 aromatic carbocycles. The number of aryl methyl sites for hydroxylation is 2. The molecule has 2 aromatic rings. The summed E-state index contributed by atoms with van der Waals surface area (Å²) in [5.74, 6) is 0.542. The van der Waals surface area contributed by atoms with Crippen LogP contribution in [0.4, 0.5) is 11.6 Å². The van der Waals surface area contributed by atoms with Crippen molar-refractivity contribution >= 4 is 17.5 Å². The fraction of sp³-hybridized carbons (Fsp3) is 0.500. The second kappa shape index (κ2) is 10.2. The van der Waals surface area contributed by atoms with Crippen molar-refractivity contribution in [1.82, 2.24) is 25.2 Å². The lowest BCUT2D eigenvalue weighted by molar-refractivity contribution is -0.124. The average molecular weight is 400 g/mol. The Labute approximate surface area is 170 Å². The molecule has 0 bridgehead atoms. The number of pyridine rings is 1. The van der Waals surface area contributed by atoms with E-state index in [4.69, 9.17) is 9.47 Å².